The molecule has 0 radical (unpaired) electrons. The smallest absolute Gasteiger partial charge is 0.179 e. The third-order valence-corrected chi connectivity index (χ3v) is 4.27. The molecule has 2 rings (SSSR count). The molecule has 1 fully saturated rings. The first-order valence-electron chi connectivity index (χ1n) is 7.10. The van der Waals surface area contributed by atoms with Crippen LogP contribution in [0.2, 0.25) is 0 Å². The Morgan fingerprint density at radius 2 is 1.89 bits per heavy atom. The number of carbonyl (C=O) groups excluding carboxylic acids is 1. The standard InChI is InChI=1S/C16H23NO2/c1-12(16(19)13-8-4-3-5-9-13)17(2)14-10-6-7-11-15(14)18/h3-5,8-9,12,14-15,18H,6-7,10-11H2,1-2H3. The molecule has 3 unspecified atom stereocenters. The largest absolute Gasteiger partial charge is 0.391 e. The van der Waals surface area contributed by atoms with Crippen LogP contribution in [0, 0.1) is 0 Å². The third kappa shape index (κ3) is 3.23. The lowest BCUT2D eigenvalue weighted by Crippen LogP contribution is -2.49. The molecule has 104 valence electrons. The topological polar surface area (TPSA) is 40.5 Å². The summed E-state index contributed by atoms with van der Waals surface area (Å²) in [5, 5.41) is 10.1. The molecule has 1 saturated carbocycles. The summed E-state index contributed by atoms with van der Waals surface area (Å²) in [4.78, 5) is 14.5. The van der Waals surface area contributed by atoms with E-state index in [0.29, 0.717) is 0 Å². The number of likely N-dealkylation sites (N-methyl/N-ethyl adjacent to an activating group) is 1. The number of aliphatic hydroxyl groups is 1. The van der Waals surface area contributed by atoms with Gasteiger partial charge in [0.05, 0.1) is 12.1 Å². The molecule has 1 aromatic carbocycles. The highest BCUT2D eigenvalue weighted by molar-refractivity contribution is 5.99. The van der Waals surface area contributed by atoms with E-state index in [1.54, 1.807) is 0 Å². The van der Waals surface area contributed by atoms with Crippen molar-refractivity contribution in [1.29, 1.82) is 0 Å². The van der Waals surface area contributed by atoms with Gasteiger partial charge >= 0.3 is 0 Å². The zero-order valence-electron chi connectivity index (χ0n) is 11.7. The van der Waals surface area contributed by atoms with E-state index in [4.69, 9.17) is 0 Å². The molecular weight excluding hydrogens is 238 g/mol. The predicted molar refractivity (Wildman–Crippen MR) is 76.3 cm³/mol. The summed E-state index contributed by atoms with van der Waals surface area (Å²) < 4.78 is 0. The summed E-state index contributed by atoms with van der Waals surface area (Å²) in [7, 11) is 1.95. The highest BCUT2D eigenvalue weighted by atomic mass is 16.3. The Labute approximate surface area is 115 Å². The molecule has 0 spiro atoms. The van der Waals surface area contributed by atoms with Crippen molar-refractivity contribution < 1.29 is 9.90 Å². The second-order valence-electron chi connectivity index (χ2n) is 5.49. The lowest BCUT2D eigenvalue weighted by atomic mass is 9.90. The molecule has 0 amide bonds. The van der Waals surface area contributed by atoms with Crippen molar-refractivity contribution >= 4 is 5.78 Å². The maximum absolute atomic E-state index is 12.4. The molecule has 1 N–H and O–H groups in total. The number of carbonyl (C=O) groups is 1. The van der Waals surface area contributed by atoms with Crippen LogP contribution in [0.15, 0.2) is 30.3 Å². The minimum absolute atomic E-state index is 0.108. The van der Waals surface area contributed by atoms with Gasteiger partial charge in [-0.05, 0) is 26.8 Å². The van der Waals surface area contributed by atoms with Crippen molar-refractivity contribution in [1.82, 2.24) is 4.90 Å². The van der Waals surface area contributed by atoms with E-state index in [1.165, 1.54) is 0 Å². The van der Waals surface area contributed by atoms with Crippen molar-refractivity contribution in [2.24, 2.45) is 0 Å². The van der Waals surface area contributed by atoms with Gasteiger partial charge in [-0.1, -0.05) is 43.2 Å². The number of ketones is 1. The molecule has 1 aliphatic carbocycles. The number of nitrogens with zero attached hydrogens (tertiary/aromatic N) is 1. The number of aliphatic hydroxyl groups excluding tert-OH is 1. The highest BCUT2D eigenvalue weighted by Gasteiger charge is 2.31. The zero-order valence-corrected chi connectivity index (χ0v) is 11.7. The van der Waals surface area contributed by atoms with Crippen LogP contribution in [-0.4, -0.2) is 41.0 Å². The van der Waals surface area contributed by atoms with Gasteiger partial charge in [0.1, 0.15) is 0 Å². The molecule has 1 aliphatic rings. The summed E-state index contributed by atoms with van der Waals surface area (Å²) in [6.07, 6.45) is 3.75. The fourth-order valence-corrected chi connectivity index (χ4v) is 2.88. The summed E-state index contributed by atoms with van der Waals surface area (Å²) in [5.41, 5.74) is 0.743. The molecule has 3 atom stereocenters. The number of benzene rings is 1. The van der Waals surface area contributed by atoms with E-state index in [9.17, 15) is 9.90 Å². The SMILES string of the molecule is CC(C(=O)c1ccccc1)N(C)C1CCCCC1O. The van der Waals surface area contributed by atoms with Crippen molar-refractivity contribution in [3.05, 3.63) is 35.9 Å². The van der Waals surface area contributed by atoms with Gasteiger partial charge in [0.15, 0.2) is 5.78 Å². The average molecular weight is 261 g/mol. The van der Waals surface area contributed by atoms with Crippen molar-refractivity contribution in [2.75, 3.05) is 7.05 Å². The van der Waals surface area contributed by atoms with Gasteiger partial charge in [-0.25, -0.2) is 0 Å². The Bertz CT molecular complexity index is 418. The Hall–Kier alpha value is -1.19. The third-order valence-electron chi connectivity index (χ3n) is 4.27. The van der Waals surface area contributed by atoms with Gasteiger partial charge in [-0.2, -0.15) is 0 Å². The molecule has 3 heteroatoms. The van der Waals surface area contributed by atoms with Crippen LogP contribution in [0.4, 0.5) is 0 Å². The lowest BCUT2D eigenvalue weighted by Gasteiger charge is -2.38. The maximum Gasteiger partial charge on any atom is 0.179 e. The van der Waals surface area contributed by atoms with E-state index in [-0.39, 0.29) is 24.0 Å². The Morgan fingerprint density at radius 3 is 2.53 bits per heavy atom. The summed E-state index contributed by atoms with van der Waals surface area (Å²) in [6.45, 7) is 1.93. The number of Topliss-reactive ketones (excluding diaryl/α,β-unsaturated/α-hetero) is 1. The summed E-state index contributed by atoms with van der Waals surface area (Å²) in [5.74, 6) is 0.126. The van der Waals surface area contributed by atoms with Gasteiger partial charge in [-0.15, -0.1) is 0 Å². The molecule has 3 nitrogen and oxygen atoms in total. The minimum atomic E-state index is -0.301. The fourth-order valence-electron chi connectivity index (χ4n) is 2.88. The molecule has 19 heavy (non-hydrogen) atoms. The Morgan fingerprint density at radius 1 is 1.26 bits per heavy atom. The van der Waals surface area contributed by atoms with Gasteiger partial charge in [0.25, 0.3) is 0 Å². The van der Waals surface area contributed by atoms with Gasteiger partial charge in [0, 0.05) is 11.6 Å². The predicted octanol–water partition coefficient (Wildman–Crippen LogP) is 2.49. The average Bonchev–Trinajstić information content (AvgIpc) is 2.46. The maximum atomic E-state index is 12.4. The van der Waals surface area contributed by atoms with Crippen LogP contribution >= 0.6 is 0 Å². The van der Waals surface area contributed by atoms with Crippen molar-refractivity contribution in [2.45, 2.75) is 50.8 Å². The molecule has 0 aliphatic heterocycles. The summed E-state index contributed by atoms with van der Waals surface area (Å²) >= 11 is 0. The number of hydrogen-bond acceptors (Lipinski definition) is 3. The minimum Gasteiger partial charge on any atom is -0.391 e. The van der Waals surface area contributed by atoms with Gasteiger partial charge in [0.2, 0.25) is 0 Å². The lowest BCUT2D eigenvalue weighted by molar-refractivity contribution is 0.0171. The van der Waals surface area contributed by atoms with Gasteiger partial charge < -0.3 is 5.11 Å². The Kier molecular flexibility index (Phi) is 4.72. The number of rotatable bonds is 4. The number of hydrogen-bond donors (Lipinski definition) is 1. The van der Waals surface area contributed by atoms with Crippen LogP contribution in [0.25, 0.3) is 0 Å². The molecule has 0 saturated heterocycles. The van der Waals surface area contributed by atoms with E-state index in [2.05, 4.69) is 0 Å². The van der Waals surface area contributed by atoms with Crippen LogP contribution < -0.4 is 0 Å². The summed E-state index contributed by atoms with van der Waals surface area (Å²) in [6, 6.07) is 9.30. The zero-order chi connectivity index (χ0) is 13.8. The van der Waals surface area contributed by atoms with E-state index >= 15 is 0 Å². The normalized spacial score (nSPS) is 25.3. The second-order valence-corrected chi connectivity index (χ2v) is 5.49. The van der Waals surface area contributed by atoms with Crippen molar-refractivity contribution in [3.8, 4) is 0 Å². The first kappa shape index (κ1) is 14.2. The van der Waals surface area contributed by atoms with Crippen LogP contribution in [-0.2, 0) is 0 Å². The van der Waals surface area contributed by atoms with Crippen LogP contribution in [0.5, 0.6) is 0 Å². The monoisotopic (exact) mass is 261 g/mol. The molecular formula is C16H23NO2. The van der Waals surface area contributed by atoms with E-state index in [0.717, 1.165) is 31.2 Å². The first-order valence-corrected chi connectivity index (χ1v) is 7.10. The fraction of sp³-hybridized carbons (Fsp3) is 0.562. The highest BCUT2D eigenvalue weighted by Crippen LogP contribution is 2.24. The second kappa shape index (κ2) is 6.31. The Balaban J connectivity index is 2.06. The van der Waals surface area contributed by atoms with E-state index in [1.807, 2.05) is 49.2 Å². The van der Waals surface area contributed by atoms with Crippen LogP contribution in [0.1, 0.15) is 43.0 Å². The van der Waals surface area contributed by atoms with Crippen molar-refractivity contribution in [3.63, 3.8) is 0 Å². The first-order chi connectivity index (χ1) is 9.11. The van der Waals surface area contributed by atoms with E-state index < -0.39 is 0 Å². The quantitative estimate of drug-likeness (QED) is 0.847. The molecule has 1 aromatic rings. The van der Waals surface area contributed by atoms with Gasteiger partial charge in [-0.3, -0.25) is 9.69 Å². The molecule has 0 aromatic heterocycles. The van der Waals surface area contributed by atoms with Crippen LogP contribution in [0.3, 0.4) is 0 Å². The molecule has 0 bridgehead atoms. The molecule has 0 heterocycles.